The first-order valence-corrected chi connectivity index (χ1v) is 8.11. The highest BCUT2D eigenvalue weighted by atomic mass is 79.9. The number of rotatable bonds is 4. The van der Waals surface area contributed by atoms with E-state index < -0.39 is 0 Å². The number of benzene rings is 1. The molecule has 1 unspecified atom stereocenters. The predicted molar refractivity (Wildman–Crippen MR) is 85.4 cm³/mol. The van der Waals surface area contributed by atoms with Gasteiger partial charge in [0, 0.05) is 22.6 Å². The molecular weight excluding hydrogens is 300 g/mol. The van der Waals surface area contributed by atoms with Crippen LogP contribution in [0.5, 0.6) is 0 Å². The van der Waals surface area contributed by atoms with E-state index in [1.54, 1.807) is 0 Å². The first-order valence-electron chi connectivity index (χ1n) is 7.32. The second-order valence-corrected chi connectivity index (χ2v) is 6.67. The van der Waals surface area contributed by atoms with Gasteiger partial charge in [-0.2, -0.15) is 0 Å². The summed E-state index contributed by atoms with van der Waals surface area (Å²) in [6.07, 6.45) is 2.51. The zero-order valence-corrected chi connectivity index (χ0v) is 13.8. The lowest BCUT2D eigenvalue weighted by Crippen LogP contribution is -2.45. The fourth-order valence-electron chi connectivity index (χ4n) is 2.85. The molecule has 2 rings (SSSR count). The van der Waals surface area contributed by atoms with Crippen LogP contribution < -0.4 is 5.32 Å². The van der Waals surface area contributed by atoms with Gasteiger partial charge in [-0.1, -0.05) is 34.1 Å². The molecule has 1 aromatic rings. The first kappa shape index (κ1) is 15.0. The molecule has 0 aromatic heterocycles. The molecule has 1 fully saturated rings. The second kappa shape index (κ2) is 6.87. The van der Waals surface area contributed by atoms with Crippen LogP contribution in [0.3, 0.4) is 0 Å². The fourth-order valence-corrected chi connectivity index (χ4v) is 3.48. The standard InChI is InChI=1S/C16H25BrN2/c1-12(2)19-10-8-14(9-11-19)18-13(3)15-6-4-5-7-16(15)17/h4-7,12-14,18H,8-11H2,1-3H3. The molecule has 1 heterocycles. The lowest BCUT2D eigenvalue weighted by atomic mass is 10.0. The van der Waals surface area contributed by atoms with Gasteiger partial charge in [-0.3, -0.25) is 0 Å². The van der Waals surface area contributed by atoms with E-state index in [-0.39, 0.29) is 0 Å². The van der Waals surface area contributed by atoms with Gasteiger partial charge in [0.05, 0.1) is 0 Å². The van der Waals surface area contributed by atoms with Crippen LogP contribution in [-0.4, -0.2) is 30.1 Å². The third-order valence-corrected chi connectivity index (χ3v) is 4.84. The van der Waals surface area contributed by atoms with E-state index in [9.17, 15) is 0 Å². The molecule has 0 amide bonds. The molecule has 0 saturated carbocycles. The van der Waals surface area contributed by atoms with Gasteiger partial charge in [0.25, 0.3) is 0 Å². The van der Waals surface area contributed by atoms with Crippen molar-refractivity contribution < 1.29 is 0 Å². The third-order valence-electron chi connectivity index (χ3n) is 4.12. The Kier molecular flexibility index (Phi) is 5.43. The highest BCUT2D eigenvalue weighted by molar-refractivity contribution is 9.10. The van der Waals surface area contributed by atoms with Gasteiger partial charge in [-0.25, -0.2) is 0 Å². The molecule has 1 aliphatic rings. The van der Waals surface area contributed by atoms with E-state index in [1.807, 2.05) is 0 Å². The molecule has 1 aliphatic heterocycles. The number of hydrogen-bond acceptors (Lipinski definition) is 2. The maximum absolute atomic E-state index is 3.78. The Morgan fingerprint density at radius 3 is 2.37 bits per heavy atom. The molecule has 1 aromatic carbocycles. The van der Waals surface area contributed by atoms with E-state index in [0.29, 0.717) is 18.1 Å². The molecule has 1 saturated heterocycles. The molecule has 1 N–H and O–H groups in total. The largest absolute Gasteiger partial charge is 0.307 e. The zero-order chi connectivity index (χ0) is 13.8. The highest BCUT2D eigenvalue weighted by Gasteiger charge is 2.22. The molecule has 0 aliphatic carbocycles. The summed E-state index contributed by atoms with van der Waals surface area (Å²) in [4.78, 5) is 2.57. The van der Waals surface area contributed by atoms with E-state index in [2.05, 4.69) is 71.2 Å². The first-order chi connectivity index (χ1) is 9.08. The second-order valence-electron chi connectivity index (χ2n) is 5.81. The third kappa shape index (κ3) is 4.04. The van der Waals surface area contributed by atoms with Gasteiger partial charge in [-0.05, 0) is 58.3 Å². The Morgan fingerprint density at radius 1 is 1.16 bits per heavy atom. The van der Waals surface area contributed by atoms with Crippen molar-refractivity contribution in [2.45, 2.75) is 51.7 Å². The zero-order valence-electron chi connectivity index (χ0n) is 12.2. The van der Waals surface area contributed by atoms with E-state index >= 15 is 0 Å². The number of nitrogens with zero attached hydrogens (tertiary/aromatic N) is 1. The Bertz CT molecular complexity index is 397. The lowest BCUT2D eigenvalue weighted by Gasteiger charge is -2.36. The highest BCUT2D eigenvalue weighted by Crippen LogP contribution is 2.24. The molecular formula is C16H25BrN2. The van der Waals surface area contributed by atoms with E-state index in [1.165, 1.54) is 36.0 Å². The van der Waals surface area contributed by atoms with Crippen molar-refractivity contribution in [2.24, 2.45) is 0 Å². The van der Waals surface area contributed by atoms with E-state index in [0.717, 1.165) is 0 Å². The molecule has 19 heavy (non-hydrogen) atoms. The summed E-state index contributed by atoms with van der Waals surface area (Å²) < 4.78 is 1.20. The van der Waals surface area contributed by atoms with Crippen LogP contribution in [0, 0.1) is 0 Å². The Morgan fingerprint density at radius 2 is 1.79 bits per heavy atom. The van der Waals surface area contributed by atoms with Crippen molar-refractivity contribution in [3.63, 3.8) is 0 Å². The quantitative estimate of drug-likeness (QED) is 0.901. The normalized spacial score (nSPS) is 19.8. The summed E-state index contributed by atoms with van der Waals surface area (Å²) in [5.74, 6) is 0. The van der Waals surface area contributed by atoms with Crippen LogP contribution >= 0.6 is 15.9 Å². The summed E-state index contributed by atoms with van der Waals surface area (Å²) in [6.45, 7) is 9.28. The number of nitrogens with one attached hydrogen (secondary N) is 1. The van der Waals surface area contributed by atoms with Gasteiger partial charge in [0.1, 0.15) is 0 Å². The molecule has 2 nitrogen and oxygen atoms in total. The summed E-state index contributed by atoms with van der Waals surface area (Å²) in [5.41, 5.74) is 1.36. The number of piperidine rings is 1. The predicted octanol–water partition coefficient (Wildman–Crippen LogP) is 3.97. The van der Waals surface area contributed by atoms with Gasteiger partial charge in [0.2, 0.25) is 0 Å². The molecule has 0 radical (unpaired) electrons. The van der Waals surface area contributed by atoms with Crippen LogP contribution in [0.2, 0.25) is 0 Å². The van der Waals surface area contributed by atoms with Crippen molar-refractivity contribution in [3.05, 3.63) is 34.3 Å². The van der Waals surface area contributed by atoms with Gasteiger partial charge in [-0.15, -0.1) is 0 Å². The molecule has 0 bridgehead atoms. The van der Waals surface area contributed by atoms with Gasteiger partial charge < -0.3 is 10.2 Å². The van der Waals surface area contributed by atoms with Crippen molar-refractivity contribution in [1.29, 1.82) is 0 Å². The van der Waals surface area contributed by atoms with Crippen molar-refractivity contribution >= 4 is 15.9 Å². The average Bonchev–Trinajstić information content (AvgIpc) is 2.39. The molecule has 0 spiro atoms. The Balaban J connectivity index is 1.87. The minimum Gasteiger partial charge on any atom is -0.307 e. The molecule has 106 valence electrons. The minimum atomic E-state index is 0.408. The minimum absolute atomic E-state index is 0.408. The average molecular weight is 325 g/mol. The number of hydrogen-bond donors (Lipinski definition) is 1. The number of halogens is 1. The van der Waals surface area contributed by atoms with Crippen LogP contribution in [0.1, 0.15) is 45.2 Å². The Labute approximate surface area is 125 Å². The fraction of sp³-hybridized carbons (Fsp3) is 0.625. The van der Waals surface area contributed by atoms with Gasteiger partial charge >= 0.3 is 0 Å². The Hall–Kier alpha value is -0.380. The summed E-state index contributed by atoms with van der Waals surface area (Å²) in [6, 6.07) is 10.2. The van der Waals surface area contributed by atoms with E-state index in [4.69, 9.17) is 0 Å². The van der Waals surface area contributed by atoms with Gasteiger partial charge in [0.15, 0.2) is 0 Å². The molecule has 3 heteroatoms. The van der Waals surface area contributed by atoms with Crippen LogP contribution in [0.4, 0.5) is 0 Å². The number of likely N-dealkylation sites (tertiary alicyclic amines) is 1. The van der Waals surface area contributed by atoms with Crippen LogP contribution in [0.25, 0.3) is 0 Å². The summed E-state index contributed by atoms with van der Waals surface area (Å²) in [7, 11) is 0. The summed E-state index contributed by atoms with van der Waals surface area (Å²) in [5, 5.41) is 3.78. The lowest BCUT2D eigenvalue weighted by molar-refractivity contribution is 0.157. The molecule has 1 atom stereocenters. The van der Waals surface area contributed by atoms with Crippen LogP contribution in [0.15, 0.2) is 28.7 Å². The summed E-state index contributed by atoms with van der Waals surface area (Å²) >= 11 is 3.64. The van der Waals surface area contributed by atoms with Crippen molar-refractivity contribution in [3.8, 4) is 0 Å². The maximum Gasteiger partial charge on any atom is 0.0305 e. The smallest absolute Gasteiger partial charge is 0.0305 e. The topological polar surface area (TPSA) is 15.3 Å². The van der Waals surface area contributed by atoms with Crippen molar-refractivity contribution in [1.82, 2.24) is 10.2 Å². The van der Waals surface area contributed by atoms with Crippen molar-refractivity contribution in [2.75, 3.05) is 13.1 Å². The monoisotopic (exact) mass is 324 g/mol. The van der Waals surface area contributed by atoms with Crippen LogP contribution in [-0.2, 0) is 0 Å². The maximum atomic E-state index is 3.78. The SMILES string of the molecule is CC(NC1CCN(C(C)C)CC1)c1ccccc1Br.